The number of halogens is 1. The topological polar surface area (TPSA) is 193 Å². The highest BCUT2D eigenvalue weighted by Crippen LogP contribution is 2.35. The Morgan fingerprint density at radius 3 is 2.49 bits per heavy atom. The Morgan fingerprint density at radius 2 is 1.74 bits per heavy atom. The number of benzene rings is 2. The summed E-state index contributed by atoms with van der Waals surface area (Å²) >= 11 is 0. The summed E-state index contributed by atoms with van der Waals surface area (Å²) < 4.78 is 13.9. The van der Waals surface area contributed by atoms with Gasteiger partial charge in [-0.15, -0.1) is 0 Å². The Morgan fingerprint density at radius 1 is 0.962 bits per heavy atom. The Kier molecular flexibility index (Phi) is 9.38. The summed E-state index contributed by atoms with van der Waals surface area (Å²) in [7, 11) is 0. The van der Waals surface area contributed by atoms with Crippen molar-refractivity contribution >= 4 is 64.4 Å². The molecule has 7 amide bonds. The molecular weight excluding hydrogens is 687 g/mol. The predicted molar refractivity (Wildman–Crippen MR) is 190 cm³/mol. The molecule has 2 fully saturated rings. The van der Waals surface area contributed by atoms with E-state index in [4.69, 9.17) is 0 Å². The van der Waals surface area contributed by atoms with Crippen molar-refractivity contribution in [1.29, 1.82) is 0 Å². The summed E-state index contributed by atoms with van der Waals surface area (Å²) in [4.78, 5) is 97.3. The number of fused-ring (bicyclic) bond motifs is 2. The number of rotatable bonds is 9. The summed E-state index contributed by atoms with van der Waals surface area (Å²) in [6, 6.07) is 7.69. The SMILES string of the molecule is Cc1[nH]c(/C=C2\C(=O)Nc3ccc(F)cc32)c(C)c1C(=O)NCCN1CCN(C(=O)CNc2cccc3c2C(=O)N(C2CCC(=O)NC2=O)C3=O)CC1. The number of hydrogen-bond acceptors (Lipinski definition) is 9. The van der Waals surface area contributed by atoms with Crippen LogP contribution in [0.4, 0.5) is 15.8 Å². The largest absolute Gasteiger partial charge is 0.375 e. The second-order valence-corrected chi connectivity index (χ2v) is 13.4. The summed E-state index contributed by atoms with van der Waals surface area (Å²) in [5.74, 6) is -3.70. The monoisotopic (exact) mass is 724 g/mol. The van der Waals surface area contributed by atoms with Gasteiger partial charge in [-0.3, -0.25) is 48.7 Å². The maximum absolute atomic E-state index is 13.9. The van der Waals surface area contributed by atoms with Crippen molar-refractivity contribution in [2.24, 2.45) is 0 Å². The van der Waals surface area contributed by atoms with Gasteiger partial charge in [0.15, 0.2) is 0 Å². The van der Waals surface area contributed by atoms with Gasteiger partial charge in [0.05, 0.1) is 28.8 Å². The van der Waals surface area contributed by atoms with Crippen LogP contribution in [-0.4, -0.2) is 113 Å². The zero-order chi connectivity index (χ0) is 37.6. The number of carbonyl (C=O) groups is 7. The number of carbonyl (C=O) groups excluding carboxylic acids is 7. The zero-order valence-electron chi connectivity index (χ0n) is 29.1. The van der Waals surface area contributed by atoms with E-state index in [9.17, 15) is 38.0 Å². The lowest BCUT2D eigenvalue weighted by molar-refractivity contribution is -0.136. The molecule has 5 heterocycles. The number of hydrogen-bond donors (Lipinski definition) is 5. The number of aromatic nitrogens is 1. The van der Waals surface area contributed by atoms with Crippen LogP contribution in [0.15, 0.2) is 36.4 Å². The summed E-state index contributed by atoms with van der Waals surface area (Å²) in [5.41, 5.74) is 4.15. The lowest BCUT2D eigenvalue weighted by atomic mass is 10.0. The highest BCUT2D eigenvalue weighted by molar-refractivity contribution is 6.35. The second kappa shape index (κ2) is 14.1. The first-order chi connectivity index (χ1) is 25.4. The quantitative estimate of drug-likeness (QED) is 0.161. The van der Waals surface area contributed by atoms with Crippen molar-refractivity contribution in [2.75, 3.05) is 56.4 Å². The zero-order valence-corrected chi connectivity index (χ0v) is 29.1. The molecule has 5 N–H and O–H groups in total. The van der Waals surface area contributed by atoms with Gasteiger partial charge in [0.1, 0.15) is 11.9 Å². The number of nitrogens with zero attached hydrogens (tertiary/aromatic N) is 3. The number of nitrogens with one attached hydrogen (secondary N) is 5. The average Bonchev–Trinajstić information content (AvgIpc) is 3.69. The maximum atomic E-state index is 13.9. The van der Waals surface area contributed by atoms with Gasteiger partial charge >= 0.3 is 0 Å². The lowest BCUT2D eigenvalue weighted by Crippen LogP contribution is -2.54. The number of aromatic amines is 1. The molecule has 0 bridgehead atoms. The predicted octanol–water partition coefficient (Wildman–Crippen LogP) is 1.65. The van der Waals surface area contributed by atoms with Crippen LogP contribution in [0.3, 0.4) is 0 Å². The molecule has 2 aromatic carbocycles. The highest BCUT2D eigenvalue weighted by Gasteiger charge is 2.45. The third-order valence-electron chi connectivity index (χ3n) is 10.1. The van der Waals surface area contributed by atoms with Gasteiger partial charge in [-0.2, -0.15) is 0 Å². The minimum atomic E-state index is -1.09. The summed E-state index contributed by atoms with van der Waals surface area (Å²) in [5, 5.41) is 10.9. The maximum Gasteiger partial charge on any atom is 0.264 e. The number of piperazine rings is 1. The van der Waals surface area contributed by atoms with Crippen LogP contribution in [0.2, 0.25) is 0 Å². The van der Waals surface area contributed by atoms with E-state index in [0.717, 1.165) is 4.90 Å². The van der Waals surface area contributed by atoms with Crippen LogP contribution in [0.1, 0.15) is 66.4 Å². The van der Waals surface area contributed by atoms with E-state index in [1.54, 1.807) is 37.0 Å². The molecule has 7 rings (SSSR count). The van der Waals surface area contributed by atoms with Crippen LogP contribution in [0.5, 0.6) is 0 Å². The Hall–Kier alpha value is -6.16. The smallest absolute Gasteiger partial charge is 0.264 e. The molecule has 274 valence electrons. The second-order valence-electron chi connectivity index (χ2n) is 13.4. The normalized spacial score (nSPS) is 19.3. The van der Waals surface area contributed by atoms with Gasteiger partial charge in [0.2, 0.25) is 17.7 Å². The Labute approximate surface area is 302 Å². The van der Waals surface area contributed by atoms with Gasteiger partial charge in [-0.05, 0) is 62.2 Å². The fourth-order valence-electron chi connectivity index (χ4n) is 7.29. The Balaban J connectivity index is 0.890. The first-order valence-corrected chi connectivity index (χ1v) is 17.3. The van der Waals surface area contributed by atoms with E-state index in [1.165, 1.54) is 24.3 Å². The molecule has 0 radical (unpaired) electrons. The van der Waals surface area contributed by atoms with Gasteiger partial charge in [-0.25, -0.2) is 4.39 Å². The number of H-pyrrole nitrogens is 1. The van der Waals surface area contributed by atoms with Gasteiger partial charge in [0.25, 0.3) is 23.6 Å². The summed E-state index contributed by atoms with van der Waals surface area (Å²) in [6.07, 6.45) is 1.69. The fourth-order valence-corrected chi connectivity index (χ4v) is 7.29. The van der Waals surface area contributed by atoms with Gasteiger partial charge in [0, 0.05) is 74.0 Å². The van der Waals surface area contributed by atoms with E-state index in [1.807, 2.05) is 0 Å². The highest BCUT2D eigenvalue weighted by atomic mass is 19.1. The molecule has 53 heavy (non-hydrogen) atoms. The number of piperidine rings is 1. The minimum Gasteiger partial charge on any atom is -0.375 e. The molecule has 1 atom stereocenters. The molecular formula is C37H37FN8O7. The van der Waals surface area contributed by atoms with Crippen molar-refractivity contribution in [3.63, 3.8) is 0 Å². The Bertz CT molecular complexity index is 2130. The van der Waals surface area contributed by atoms with Crippen LogP contribution in [0.25, 0.3) is 11.6 Å². The van der Waals surface area contributed by atoms with E-state index in [2.05, 4.69) is 31.2 Å². The molecule has 15 nitrogen and oxygen atoms in total. The van der Waals surface area contributed by atoms with E-state index < -0.39 is 35.5 Å². The molecule has 16 heteroatoms. The molecule has 4 aliphatic heterocycles. The number of aryl methyl sites for hydroxylation is 1. The molecule has 3 aromatic rings. The summed E-state index contributed by atoms with van der Waals surface area (Å²) in [6.45, 7) is 6.45. The van der Waals surface area contributed by atoms with Crippen molar-refractivity contribution in [2.45, 2.75) is 32.7 Å². The number of imide groups is 2. The van der Waals surface area contributed by atoms with E-state index in [-0.39, 0.29) is 48.2 Å². The van der Waals surface area contributed by atoms with Crippen LogP contribution in [0, 0.1) is 19.7 Å². The third-order valence-corrected chi connectivity index (χ3v) is 10.1. The standard InChI is InChI=1S/C37H37FN8O7/c1-19-27(17-24-23-16-21(38)6-7-25(23)42-33(24)49)41-20(2)31(19)35(51)39-10-11-44-12-14-45(15-13-44)30(48)18-40-26-5-3-4-22-32(26)37(53)46(36(22)52)28-8-9-29(47)43-34(28)50/h3-7,16-17,28,40-41H,8-15,18H2,1-2H3,(H,39,51)(H,42,49)(H,43,47,50)/b24-17-. The van der Waals surface area contributed by atoms with Gasteiger partial charge in [-0.1, -0.05) is 6.07 Å². The molecule has 1 aromatic heterocycles. The van der Waals surface area contributed by atoms with Crippen molar-refractivity contribution < 1.29 is 38.0 Å². The first kappa shape index (κ1) is 35.3. The lowest BCUT2D eigenvalue weighted by Gasteiger charge is -2.34. The molecule has 1 unspecified atom stereocenters. The van der Waals surface area contributed by atoms with Gasteiger partial charge < -0.3 is 25.8 Å². The molecule has 0 aliphatic carbocycles. The molecule has 0 spiro atoms. The van der Waals surface area contributed by atoms with Crippen molar-refractivity contribution in [1.82, 2.24) is 30.3 Å². The molecule has 0 saturated carbocycles. The van der Waals surface area contributed by atoms with E-state index >= 15 is 0 Å². The molecule has 2 saturated heterocycles. The third kappa shape index (κ3) is 6.68. The van der Waals surface area contributed by atoms with Crippen molar-refractivity contribution in [3.8, 4) is 0 Å². The fraction of sp³-hybridized carbons (Fsp3) is 0.324. The van der Waals surface area contributed by atoms with Crippen molar-refractivity contribution in [3.05, 3.63) is 81.4 Å². The first-order valence-electron chi connectivity index (χ1n) is 17.3. The minimum absolute atomic E-state index is 0.0168. The van der Waals surface area contributed by atoms with Crippen LogP contribution < -0.4 is 21.3 Å². The number of amides is 7. The molecule has 4 aliphatic rings. The number of anilines is 2. The van der Waals surface area contributed by atoms with E-state index in [0.29, 0.717) is 84.3 Å². The van der Waals surface area contributed by atoms with Crippen LogP contribution in [-0.2, 0) is 19.2 Å². The van der Waals surface area contributed by atoms with Crippen LogP contribution >= 0.6 is 0 Å². The average molecular weight is 725 g/mol.